The van der Waals surface area contributed by atoms with E-state index in [9.17, 15) is 22.4 Å². The molecule has 9 heteroatoms. The number of nitrogens with two attached hydrogens (primary N) is 1. The van der Waals surface area contributed by atoms with Gasteiger partial charge < -0.3 is 10.3 Å². The molecule has 0 unspecified atom stereocenters. The Kier molecular flexibility index (Phi) is 5.14. The molecule has 0 saturated carbocycles. The van der Waals surface area contributed by atoms with Crippen molar-refractivity contribution in [3.63, 3.8) is 0 Å². The highest BCUT2D eigenvalue weighted by Crippen LogP contribution is 2.41. The van der Waals surface area contributed by atoms with Crippen molar-refractivity contribution < 1.29 is 26.9 Å². The van der Waals surface area contributed by atoms with E-state index >= 15 is 0 Å². The van der Waals surface area contributed by atoms with Gasteiger partial charge in [0.2, 0.25) is 0 Å². The molecule has 2 aromatic carbocycles. The Hall–Kier alpha value is -3.46. The maximum absolute atomic E-state index is 14.0. The Balaban J connectivity index is 1.75. The highest BCUT2D eigenvalue weighted by Gasteiger charge is 2.34. The lowest BCUT2D eigenvalue weighted by molar-refractivity contribution is -0.137. The highest BCUT2D eigenvalue weighted by atomic mass is 32.1. The van der Waals surface area contributed by atoms with Crippen molar-refractivity contribution in [1.29, 1.82) is 0 Å². The van der Waals surface area contributed by atoms with Crippen LogP contribution < -0.4 is 5.73 Å². The lowest BCUT2D eigenvalue weighted by Gasteiger charge is -2.14. The number of benzene rings is 2. The molecule has 4 nitrogen and oxygen atoms in total. The van der Waals surface area contributed by atoms with Crippen molar-refractivity contribution in [2.45, 2.75) is 13.1 Å². The fourth-order valence-corrected chi connectivity index (χ4v) is 4.07. The van der Waals surface area contributed by atoms with E-state index in [0.717, 1.165) is 17.7 Å². The number of primary amides is 1. The first-order chi connectivity index (χ1) is 14.6. The third kappa shape index (κ3) is 3.96. The van der Waals surface area contributed by atoms with E-state index in [4.69, 9.17) is 10.3 Å². The summed E-state index contributed by atoms with van der Waals surface area (Å²) in [5, 5.41) is 7.28. The van der Waals surface area contributed by atoms with Gasteiger partial charge in [0.1, 0.15) is 11.5 Å². The summed E-state index contributed by atoms with van der Waals surface area (Å²) in [6.45, 7) is 1.76. The summed E-state index contributed by atoms with van der Waals surface area (Å²) in [5.74, 6) is -1.65. The molecular weight excluding hydrogens is 432 g/mol. The zero-order valence-electron chi connectivity index (χ0n) is 16.0. The number of aromatic nitrogens is 1. The van der Waals surface area contributed by atoms with Crippen molar-refractivity contribution in [3.8, 4) is 33.7 Å². The number of halogens is 4. The van der Waals surface area contributed by atoms with Crippen molar-refractivity contribution >= 4 is 17.2 Å². The number of carbonyl (C=O) groups is 1. The summed E-state index contributed by atoms with van der Waals surface area (Å²) in [7, 11) is 0. The van der Waals surface area contributed by atoms with Crippen LogP contribution >= 0.6 is 11.3 Å². The monoisotopic (exact) mass is 446 g/mol. The van der Waals surface area contributed by atoms with Crippen LogP contribution in [0.5, 0.6) is 0 Å². The van der Waals surface area contributed by atoms with Crippen LogP contribution in [0, 0.1) is 12.7 Å². The molecule has 0 aliphatic carbocycles. The van der Waals surface area contributed by atoms with Crippen LogP contribution in [-0.4, -0.2) is 11.1 Å². The van der Waals surface area contributed by atoms with Gasteiger partial charge in [-0.15, -0.1) is 0 Å². The van der Waals surface area contributed by atoms with Crippen LogP contribution in [0.4, 0.5) is 17.6 Å². The SMILES string of the molecule is Cc1cscc1-c1ccc(-c2cc(-c3ccc(C(N)=O)c(F)c3)no2)cc1C(F)(F)F. The quantitative estimate of drug-likeness (QED) is 0.374. The standard InChI is InChI=1S/C22H14F4N2O2S/c1-11-9-31-10-16(11)14-4-3-13(6-17(14)22(24,25)26)20-8-19(28-30-20)12-2-5-15(21(27)29)18(23)7-12/h2-10H,1H3,(H2,27,29). The fraction of sp³-hybridized carbons (Fsp3) is 0.0909. The molecule has 0 atom stereocenters. The van der Waals surface area contributed by atoms with E-state index in [1.54, 1.807) is 17.7 Å². The van der Waals surface area contributed by atoms with E-state index < -0.39 is 23.5 Å². The molecule has 4 rings (SSSR count). The molecule has 0 spiro atoms. The third-order valence-electron chi connectivity index (χ3n) is 4.80. The smallest absolute Gasteiger partial charge is 0.366 e. The lowest BCUT2D eigenvalue weighted by Crippen LogP contribution is -2.12. The van der Waals surface area contributed by atoms with Gasteiger partial charge in [-0.05, 0) is 52.6 Å². The molecule has 2 heterocycles. The molecule has 2 N–H and O–H groups in total. The van der Waals surface area contributed by atoms with Gasteiger partial charge in [0, 0.05) is 17.2 Å². The second kappa shape index (κ2) is 7.66. The molecule has 0 fully saturated rings. The van der Waals surface area contributed by atoms with E-state index in [2.05, 4.69) is 5.16 Å². The summed E-state index contributed by atoms with van der Waals surface area (Å²) in [4.78, 5) is 11.2. The van der Waals surface area contributed by atoms with Crippen LogP contribution in [0.3, 0.4) is 0 Å². The summed E-state index contributed by atoms with van der Waals surface area (Å²) < 4.78 is 60.5. The van der Waals surface area contributed by atoms with Gasteiger partial charge in [0.05, 0.1) is 11.1 Å². The minimum absolute atomic E-state index is 0.0823. The molecule has 4 aromatic rings. The Labute approximate surface area is 177 Å². The summed E-state index contributed by atoms with van der Waals surface area (Å²) in [6.07, 6.45) is -4.57. The van der Waals surface area contributed by atoms with E-state index in [1.165, 1.54) is 41.7 Å². The fourth-order valence-electron chi connectivity index (χ4n) is 3.22. The largest absolute Gasteiger partial charge is 0.417 e. The first-order valence-electron chi connectivity index (χ1n) is 8.96. The molecule has 0 bridgehead atoms. The van der Waals surface area contributed by atoms with Crippen molar-refractivity contribution in [2.24, 2.45) is 5.73 Å². The van der Waals surface area contributed by atoms with Crippen LogP contribution in [0.15, 0.2) is 57.7 Å². The molecule has 1 amide bonds. The summed E-state index contributed by atoms with van der Waals surface area (Å²) in [6, 6.07) is 9.03. The number of hydrogen-bond acceptors (Lipinski definition) is 4. The summed E-state index contributed by atoms with van der Waals surface area (Å²) in [5.41, 5.74) is 6.05. The van der Waals surface area contributed by atoms with Gasteiger partial charge in [-0.25, -0.2) is 4.39 Å². The second-order valence-electron chi connectivity index (χ2n) is 6.86. The second-order valence-corrected chi connectivity index (χ2v) is 7.61. The van der Waals surface area contributed by atoms with E-state index in [0.29, 0.717) is 11.1 Å². The Morgan fingerprint density at radius 2 is 1.77 bits per heavy atom. The van der Waals surface area contributed by atoms with Gasteiger partial charge in [-0.2, -0.15) is 24.5 Å². The van der Waals surface area contributed by atoms with Crippen LogP contribution in [0.25, 0.3) is 33.7 Å². The Bertz CT molecular complexity index is 1290. The molecular formula is C22H14F4N2O2S. The minimum atomic E-state index is -4.57. The number of amides is 1. The predicted molar refractivity (Wildman–Crippen MR) is 109 cm³/mol. The van der Waals surface area contributed by atoms with Gasteiger partial charge >= 0.3 is 6.18 Å². The predicted octanol–water partition coefficient (Wildman–Crippen LogP) is 6.30. The zero-order chi connectivity index (χ0) is 22.3. The molecule has 0 radical (unpaired) electrons. The average molecular weight is 446 g/mol. The minimum Gasteiger partial charge on any atom is -0.366 e. The maximum Gasteiger partial charge on any atom is 0.417 e. The van der Waals surface area contributed by atoms with Crippen molar-refractivity contribution in [2.75, 3.05) is 0 Å². The molecule has 158 valence electrons. The maximum atomic E-state index is 14.0. The molecule has 0 saturated heterocycles. The Morgan fingerprint density at radius 3 is 2.39 bits per heavy atom. The van der Waals surface area contributed by atoms with Crippen molar-refractivity contribution in [3.05, 3.63) is 75.7 Å². The molecule has 0 aliphatic rings. The number of aryl methyl sites for hydroxylation is 1. The summed E-state index contributed by atoms with van der Waals surface area (Å²) >= 11 is 1.33. The van der Waals surface area contributed by atoms with Gasteiger partial charge in [0.15, 0.2) is 5.76 Å². The number of nitrogens with zero attached hydrogens (tertiary/aromatic N) is 1. The van der Waals surface area contributed by atoms with Gasteiger partial charge in [-0.1, -0.05) is 23.4 Å². The van der Waals surface area contributed by atoms with Crippen LogP contribution in [0.1, 0.15) is 21.5 Å². The van der Waals surface area contributed by atoms with E-state index in [-0.39, 0.29) is 28.1 Å². The van der Waals surface area contributed by atoms with Crippen molar-refractivity contribution in [1.82, 2.24) is 5.16 Å². The number of thiophene rings is 1. The first kappa shape index (κ1) is 20.8. The number of rotatable bonds is 4. The zero-order valence-corrected chi connectivity index (χ0v) is 16.8. The van der Waals surface area contributed by atoms with Crippen LogP contribution in [-0.2, 0) is 6.18 Å². The highest BCUT2D eigenvalue weighted by molar-refractivity contribution is 7.08. The first-order valence-corrected chi connectivity index (χ1v) is 9.90. The van der Waals surface area contributed by atoms with Crippen LogP contribution in [0.2, 0.25) is 0 Å². The number of carbonyl (C=O) groups excluding carboxylic acids is 1. The molecule has 2 aromatic heterocycles. The Morgan fingerprint density at radius 1 is 1.03 bits per heavy atom. The topological polar surface area (TPSA) is 69.1 Å². The third-order valence-corrected chi connectivity index (χ3v) is 5.66. The average Bonchev–Trinajstić information content (AvgIpc) is 3.36. The lowest BCUT2D eigenvalue weighted by atomic mass is 9.96. The molecule has 31 heavy (non-hydrogen) atoms. The van der Waals surface area contributed by atoms with Gasteiger partial charge in [-0.3, -0.25) is 4.79 Å². The normalized spacial score (nSPS) is 11.6. The number of hydrogen-bond donors (Lipinski definition) is 1. The van der Waals surface area contributed by atoms with Gasteiger partial charge in [0.25, 0.3) is 5.91 Å². The van der Waals surface area contributed by atoms with E-state index in [1.807, 2.05) is 0 Å². The number of alkyl halides is 3. The molecule has 0 aliphatic heterocycles.